The van der Waals surface area contributed by atoms with Crippen molar-refractivity contribution in [1.29, 1.82) is 0 Å². The van der Waals surface area contributed by atoms with Gasteiger partial charge in [-0.05, 0) is 12.8 Å². The van der Waals surface area contributed by atoms with Crippen LogP contribution >= 0.6 is 0 Å². The lowest BCUT2D eigenvalue weighted by Crippen LogP contribution is -2.18. The van der Waals surface area contributed by atoms with E-state index in [1.807, 2.05) is 0 Å². The zero-order valence-corrected chi connectivity index (χ0v) is 6.06. The van der Waals surface area contributed by atoms with Crippen molar-refractivity contribution in [3.63, 3.8) is 0 Å². The van der Waals surface area contributed by atoms with E-state index >= 15 is 0 Å². The fraction of sp³-hybridized carbons (Fsp3) is 0.750. The first-order valence-electron chi connectivity index (χ1n) is 3.50. The fourth-order valence-electron chi connectivity index (χ4n) is 0.784. The van der Waals surface area contributed by atoms with E-state index in [9.17, 15) is 0 Å². The molecule has 0 rings (SSSR count). The highest BCUT2D eigenvalue weighted by Gasteiger charge is 1.97. The van der Waals surface area contributed by atoms with Gasteiger partial charge in [-0.25, -0.2) is 0 Å². The van der Waals surface area contributed by atoms with Crippen LogP contribution in [0, 0.1) is 12.3 Å². The molecule has 1 atom stereocenters. The van der Waals surface area contributed by atoms with Crippen LogP contribution in [-0.4, -0.2) is 6.04 Å². The van der Waals surface area contributed by atoms with Crippen LogP contribution in [0.1, 0.15) is 32.6 Å². The molecule has 0 fully saturated rings. The second kappa shape index (κ2) is 5.65. The summed E-state index contributed by atoms with van der Waals surface area (Å²) < 4.78 is 0. The van der Waals surface area contributed by atoms with Gasteiger partial charge in [-0.2, -0.15) is 0 Å². The van der Waals surface area contributed by atoms with Gasteiger partial charge < -0.3 is 5.73 Å². The van der Waals surface area contributed by atoms with E-state index in [0.717, 1.165) is 25.7 Å². The fourth-order valence-corrected chi connectivity index (χ4v) is 0.784. The lowest BCUT2D eigenvalue weighted by Gasteiger charge is -2.05. The van der Waals surface area contributed by atoms with Crippen molar-refractivity contribution in [2.75, 3.05) is 0 Å². The van der Waals surface area contributed by atoms with E-state index in [-0.39, 0.29) is 0 Å². The maximum atomic E-state index is 5.67. The van der Waals surface area contributed by atoms with Gasteiger partial charge in [0.25, 0.3) is 0 Å². The topological polar surface area (TPSA) is 26.0 Å². The Kier molecular flexibility index (Phi) is 5.35. The highest BCUT2D eigenvalue weighted by molar-refractivity contribution is 4.84. The highest BCUT2D eigenvalue weighted by atomic mass is 14.6. The van der Waals surface area contributed by atoms with Gasteiger partial charge in [-0.1, -0.05) is 13.3 Å². The van der Waals surface area contributed by atoms with Gasteiger partial charge in [-0.3, -0.25) is 0 Å². The maximum absolute atomic E-state index is 5.67. The molecule has 9 heavy (non-hydrogen) atoms. The van der Waals surface area contributed by atoms with Crippen LogP contribution in [-0.2, 0) is 0 Å². The quantitative estimate of drug-likeness (QED) is 0.566. The van der Waals surface area contributed by atoms with E-state index in [2.05, 4.69) is 12.8 Å². The van der Waals surface area contributed by atoms with Gasteiger partial charge in [0.2, 0.25) is 0 Å². The summed E-state index contributed by atoms with van der Waals surface area (Å²) in [5, 5.41) is 0. The summed E-state index contributed by atoms with van der Waals surface area (Å²) in [5.74, 6) is 2.58. The summed E-state index contributed by atoms with van der Waals surface area (Å²) in [4.78, 5) is 0. The van der Waals surface area contributed by atoms with Crippen molar-refractivity contribution in [1.82, 2.24) is 0 Å². The molecule has 52 valence electrons. The molecule has 0 aromatic heterocycles. The largest absolute Gasteiger partial charge is 0.328 e. The molecule has 2 N–H and O–H groups in total. The summed E-state index contributed by atoms with van der Waals surface area (Å²) in [6, 6.07) is 0.325. The van der Waals surface area contributed by atoms with Crippen LogP contribution in [0.15, 0.2) is 0 Å². The summed E-state index contributed by atoms with van der Waals surface area (Å²) in [6.07, 6.45) is 9.12. The number of hydrogen-bond acceptors (Lipinski definition) is 1. The average Bonchev–Trinajstić information content (AvgIpc) is 1.85. The minimum atomic E-state index is 0.325. The SMILES string of the molecule is C#CCCC(N)CCC. The number of terminal acetylenes is 1. The van der Waals surface area contributed by atoms with Gasteiger partial charge in [0.15, 0.2) is 0 Å². The van der Waals surface area contributed by atoms with Crippen LogP contribution in [0.25, 0.3) is 0 Å². The molecule has 0 aromatic carbocycles. The molecule has 0 saturated heterocycles. The van der Waals surface area contributed by atoms with E-state index < -0.39 is 0 Å². The first-order valence-corrected chi connectivity index (χ1v) is 3.50. The summed E-state index contributed by atoms with van der Waals surface area (Å²) in [7, 11) is 0. The summed E-state index contributed by atoms with van der Waals surface area (Å²) >= 11 is 0. The molecule has 1 nitrogen and oxygen atoms in total. The molecule has 0 heterocycles. The predicted octanol–water partition coefficient (Wildman–Crippen LogP) is 1.53. The minimum absolute atomic E-state index is 0.325. The molecule has 1 unspecified atom stereocenters. The normalized spacial score (nSPS) is 12.6. The van der Waals surface area contributed by atoms with Crippen molar-refractivity contribution in [3.05, 3.63) is 0 Å². The minimum Gasteiger partial charge on any atom is -0.328 e. The highest BCUT2D eigenvalue weighted by Crippen LogP contribution is 1.99. The van der Waals surface area contributed by atoms with Gasteiger partial charge in [0.1, 0.15) is 0 Å². The van der Waals surface area contributed by atoms with Gasteiger partial charge in [0, 0.05) is 12.5 Å². The van der Waals surface area contributed by atoms with E-state index in [4.69, 9.17) is 12.2 Å². The molecule has 0 radical (unpaired) electrons. The van der Waals surface area contributed by atoms with Gasteiger partial charge in [0.05, 0.1) is 0 Å². The second-order valence-corrected chi connectivity index (χ2v) is 2.29. The first-order chi connectivity index (χ1) is 4.31. The Morgan fingerprint density at radius 3 is 2.67 bits per heavy atom. The number of hydrogen-bond donors (Lipinski definition) is 1. The number of nitrogens with two attached hydrogens (primary N) is 1. The molecule has 0 bridgehead atoms. The van der Waals surface area contributed by atoms with Crippen molar-refractivity contribution in [2.45, 2.75) is 38.6 Å². The van der Waals surface area contributed by atoms with Crippen LogP contribution < -0.4 is 5.73 Å². The van der Waals surface area contributed by atoms with Gasteiger partial charge >= 0.3 is 0 Å². The van der Waals surface area contributed by atoms with Crippen LogP contribution in [0.3, 0.4) is 0 Å². The second-order valence-electron chi connectivity index (χ2n) is 2.29. The third-order valence-electron chi connectivity index (χ3n) is 1.32. The first kappa shape index (κ1) is 8.52. The van der Waals surface area contributed by atoms with Crippen molar-refractivity contribution < 1.29 is 0 Å². The zero-order chi connectivity index (χ0) is 7.11. The van der Waals surface area contributed by atoms with E-state index in [0.29, 0.717) is 6.04 Å². The van der Waals surface area contributed by atoms with E-state index in [1.54, 1.807) is 0 Å². The van der Waals surface area contributed by atoms with Crippen LogP contribution in [0.2, 0.25) is 0 Å². The molecular weight excluding hydrogens is 110 g/mol. The van der Waals surface area contributed by atoms with E-state index in [1.165, 1.54) is 0 Å². The number of rotatable bonds is 4. The Bertz CT molecular complexity index is 91.2. The van der Waals surface area contributed by atoms with Crippen molar-refractivity contribution in [3.8, 4) is 12.3 Å². The Balaban J connectivity index is 3.07. The molecule has 0 spiro atoms. The molecule has 0 aliphatic carbocycles. The standard InChI is InChI=1S/C8H15N/c1-3-5-7-8(9)6-4-2/h1,8H,4-7,9H2,2H3. The monoisotopic (exact) mass is 125 g/mol. The smallest absolute Gasteiger partial charge is 0.0101 e. The molecule has 0 aromatic rings. The summed E-state index contributed by atoms with van der Waals surface area (Å²) in [6.45, 7) is 2.13. The maximum Gasteiger partial charge on any atom is 0.0101 e. The lowest BCUT2D eigenvalue weighted by atomic mass is 10.1. The molecule has 0 saturated carbocycles. The third-order valence-corrected chi connectivity index (χ3v) is 1.32. The summed E-state index contributed by atoms with van der Waals surface area (Å²) in [5.41, 5.74) is 5.67. The Morgan fingerprint density at radius 2 is 2.22 bits per heavy atom. The Labute approximate surface area is 57.6 Å². The zero-order valence-electron chi connectivity index (χ0n) is 6.06. The Hall–Kier alpha value is -0.480. The molecule has 0 aliphatic heterocycles. The molecule has 0 amide bonds. The predicted molar refractivity (Wildman–Crippen MR) is 41.0 cm³/mol. The molecule has 1 heteroatoms. The van der Waals surface area contributed by atoms with Gasteiger partial charge in [-0.15, -0.1) is 12.3 Å². The van der Waals surface area contributed by atoms with Crippen molar-refractivity contribution >= 4 is 0 Å². The van der Waals surface area contributed by atoms with Crippen LogP contribution in [0.4, 0.5) is 0 Å². The van der Waals surface area contributed by atoms with Crippen LogP contribution in [0.5, 0.6) is 0 Å². The van der Waals surface area contributed by atoms with Crippen molar-refractivity contribution in [2.24, 2.45) is 5.73 Å². The average molecular weight is 125 g/mol. The molecular formula is C8H15N. The Morgan fingerprint density at radius 1 is 1.56 bits per heavy atom. The lowest BCUT2D eigenvalue weighted by molar-refractivity contribution is 0.570. The molecule has 0 aliphatic rings. The third kappa shape index (κ3) is 5.39.